The number of halogens is 1. The van der Waals surface area contributed by atoms with E-state index in [-0.39, 0.29) is 0 Å². The molecule has 0 bridgehead atoms. The van der Waals surface area contributed by atoms with Crippen LogP contribution in [0.5, 0.6) is 0 Å². The molecule has 3 heteroatoms. The van der Waals surface area contributed by atoms with Crippen molar-refractivity contribution in [1.82, 2.24) is 0 Å². The summed E-state index contributed by atoms with van der Waals surface area (Å²) in [4.78, 5) is 1.15. The molecule has 1 nitrogen and oxygen atoms in total. The van der Waals surface area contributed by atoms with Gasteiger partial charge >= 0.3 is 0 Å². The summed E-state index contributed by atoms with van der Waals surface area (Å²) in [7, 11) is 0. The van der Waals surface area contributed by atoms with Crippen LogP contribution in [0.4, 0.5) is 4.39 Å². The maximum absolute atomic E-state index is 12.3. The highest BCUT2D eigenvalue weighted by Gasteiger charge is 2.04. The van der Waals surface area contributed by atoms with Gasteiger partial charge in [0.2, 0.25) is 0 Å². The van der Waals surface area contributed by atoms with Gasteiger partial charge in [0.05, 0.1) is 4.70 Å². The molecule has 2 aromatic heterocycles. The Morgan fingerprint density at radius 1 is 1.50 bits per heavy atom. The fourth-order valence-electron chi connectivity index (χ4n) is 0.927. The molecule has 0 aliphatic carbocycles. The van der Waals surface area contributed by atoms with Gasteiger partial charge in [0.15, 0.2) is 0 Å². The Labute approximate surface area is 61.1 Å². The van der Waals surface area contributed by atoms with Crippen LogP contribution in [0.3, 0.4) is 0 Å². The summed E-state index contributed by atoms with van der Waals surface area (Å²) in [5.74, 6) is 0. The van der Waals surface area contributed by atoms with Crippen molar-refractivity contribution in [2.24, 2.45) is 0 Å². The Hall–Kier alpha value is -0.830. The highest BCUT2D eigenvalue weighted by molar-refractivity contribution is 7.18. The van der Waals surface area contributed by atoms with Crippen molar-refractivity contribution in [3.63, 3.8) is 0 Å². The molecule has 0 saturated carbocycles. The maximum Gasteiger partial charge on any atom is 0.279 e. The number of fused-ring (bicyclic) bond motifs is 1. The maximum atomic E-state index is 12.3. The van der Waals surface area contributed by atoms with E-state index >= 15 is 0 Å². The first-order valence-electron chi connectivity index (χ1n) is 2.91. The summed E-state index contributed by atoms with van der Waals surface area (Å²) in [6.45, 7) is 1.97. The highest BCUT2D eigenvalue weighted by Crippen LogP contribution is 2.27. The molecule has 2 aromatic rings. The molecule has 0 amide bonds. The molecule has 0 fully saturated rings. The second kappa shape index (κ2) is 1.83. The molecule has 0 spiro atoms. The van der Waals surface area contributed by atoms with Crippen LogP contribution in [-0.2, 0) is 0 Å². The summed E-state index contributed by atoms with van der Waals surface area (Å²) < 4.78 is 17.9. The third-order valence-corrected chi connectivity index (χ3v) is 2.28. The van der Waals surface area contributed by atoms with E-state index in [2.05, 4.69) is 0 Å². The number of thiophene rings is 1. The Balaban J connectivity index is 2.83. The largest absolute Gasteiger partial charge is 0.430 e. The second-order valence-corrected chi connectivity index (χ2v) is 3.42. The molecule has 2 heterocycles. The molecule has 0 aliphatic heterocycles. The zero-order valence-electron chi connectivity index (χ0n) is 5.35. The average Bonchev–Trinajstić information content (AvgIpc) is 2.21. The molecule has 0 aromatic carbocycles. The molecule has 2 rings (SSSR count). The van der Waals surface area contributed by atoms with Crippen molar-refractivity contribution in [3.8, 4) is 0 Å². The van der Waals surface area contributed by atoms with Crippen molar-refractivity contribution >= 4 is 21.6 Å². The predicted molar refractivity (Wildman–Crippen MR) is 38.8 cm³/mol. The predicted octanol–water partition coefficient (Wildman–Crippen LogP) is 2.94. The Bertz CT molecular complexity index is 297. The molecule has 0 N–H and O–H groups in total. The van der Waals surface area contributed by atoms with Crippen LogP contribution in [0, 0.1) is 12.9 Å². The lowest BCUT2D eigenvalue weighted by Crippen LogP contribution is -1.54. The third kappa shape index (κ3) is 0.743. The monoisotopic (exact) mass is 156 g/mol. The Kier molecular flexibility index (Phi) is 1.08. The van der Waals surface area contributed by atoms with E-state index in [0.717, 1.165) is 9.58 Å². The van der Waals surface area contributed by atoms with Gasteiger partial charge in [-0.1, -0.05) is 0 Å². The van der Waals surface area contributed by atoms with Crippen LogP contribution in [-0.4, -0.2) is 0 Å². The molecule has 10 heavy (non-hydrogen) atoms. The van der Waals surface area contributed by atoms with Gasteiger partial charge in [-0.15, -0.1) is 11.3 Å². The fraction of sp³-hybridized carbons (Fsp3) is 0.143. The van der Waals surface area contributed by atoms with Crippen molar-refractivity contribution in [2.45, 2.75) is 6.92 Å². The lowest BCUT2D eigenvalue weighted by molar-refractivity contribution is 0.381. The van der Waals surface area contributed by atoms with Crippen molar-refractivity contribution in [3.05, 3.63) is 23.0 Å². The van der Waals surface area contributed by atoms with Gasteiger partial charge in [-0.2, -0.15) is 4.39 Å². The van der Waals surface area contributed by atoms with Crippen LogP contribution in [0.1, 0.15) is 4.88 Å². The molecule has 0 atom stereocenters. The molecule has 0 saturated heterocycles. The van der Waals surface area contributed by atoms with Crippen LogP contribution in [0.2, 0.25) is 0 Å². The van der Waals surface area contributed by atoms with Gasteiger partial charge in [0, 0.05) is 10.9 Å². The highest BCUT2D eigenvalue weighted by atomic mass is 32.1. The lowest BCUT2D eigenvalue weighted by atomic mass is 10.5. The number of hydrogen-bond acceptors (Lipinski definition) is 2. The van der Waals surface area contributed by atoms with E-state index < -0.39 is 6.01 Å². The zero-order chi connectivity index (χ0) is 7.14. The van der Waals surface area contributed by atoms with E-state index in [4.69, 9.17) is 4.42 Å². The van der Waals surface area contributed by atoms with Gasteiger partial charge in [-0.3, -0.25) is 0 Å². The molecule has 52 valence electrons. The minimum absolute atomic E-state index is 0.499. The minimum Gasteiger partial charge on any atom is -0.430 e. The van der Waals surface area contributed by atoms with Crippen LogP contribution < -0.4 is 0 Å². The molecular weight excluding hydrogens is 151 g/mol. The Morgan fingerprint density at radius 2 is 2.30 bits per heavy atom. The standard InChI is InChI=1S/C7H5FOS/c1-4-2-5-6(10-4)3-7(8)9-5/h2-3H,1H3. The SMILES string of the molecule is Cc1cc2oc(F)cc2s1. The molecule has 0 unspecified atom stereocenters. The van der Waals surface area contributed by atoms with E-state index in [0.29, 0.717) is 5.58 Å². The van der Waals surface area contributed by atoms with Crippen molar-refractivity contribution < 1.29 is 8.81 Å². The van der Waals surface area contributed by atoms with Gasteiger partial charge in [0.25, 0.3) is 6.01 Å². The number of hydrogen-bond donors (Lipinski definition) is 0. The summed E-state index contributed by atoms with van der Waals surface area (Å²) >= 11 is 1.54. The molecule has 0 aliphatic rings. The van der Waals surface area contributed by atoms with Crippen LogP contribution in [0.15, 0.2) is 16.5 Å². The van der Waals surface area contributed by atoms with Gasteiger partial charge in [0.1, 0.15) is 5.58 Å². The second-order valence-electron chi connectivity index (χ2n) is 2.14. The van der Waals surface area contributed by atoms with Crippen LogP contribution >= 0.6 is 11.3 Å². The van der Waals surface area contributed by atoms with E-state index in [9.17, 15) is 4.39 Å². The van der Waals surface area contributed by atoms with Gasteiger partial charge < -0.3 is 4.42 Å². The number of aryl methyl sites for hydroxylation is 1. The molecule has 0 radical (unpaired) electrons. The lowest BCUT2D eigenvalue weighted by Gasteiger charge is -1.73. The first-order valence-corrected chi connectivity index (χ1v) is 3.73. The molecular formula is C7H5FOS. The third-order valence-electron chi connectivity index (χ3n) is 1.30. The van der Waals surface area contributed by atoms with E-state index in [1.54, 1.807) is 0 Å². The van der Waals surface area contributed by atoms with E-state index in [1.807, 2.05) is 13.0 Å². The summed E-state index contributed by atoms with van der Waals surface area (Å²) in [6, 6.07) is 2.75. The topological polar surface area (TPSA) is 13.1 Å². The van der Waals surface area contributed by atoms with Crippen molar-refractivity contribution in [2.75, 3.05) is 0 Å². The quantitative estimate of drug-likeness (QED) is 0.571. The average molecular weight is 156 g/mol. The summed E-state index contributed by atoms with van der Waals surface area (Å²) in [5.41, 5.74) is 0.653. The minimum atomic E-state index is -0.499. The fourth-order valence-corrected chi connectivity index (χ4v) is 1.79. The van der Waals surface area contributed by atoms with Gasteiger partial charge in [-0.05, 0) is 13.0 Å². The first-order chi connectivity index (χ1) is 4.75. The van der Waals surface area contributed by atoms with Gasteiger partial charge in [-0.25, -0.2) is 0 Å². The first kappa shape index (κ1) is 5.92. The van der Waals surface area contributed by atoms with E-state index in [1.165, 1.54) is 17.4 Å². The number of furan rings is 1. The van der Waals surface area contributed by atoms with Crippen LogP contribution in [0.25, 0.3) is 10.3 Å². The van der Waals surface area contributed by atoms with Crippen molar-refractivity contribution in [1.29, 1.82) is 0 Å². The summed E-state index contributed by atoms with van der Waals surface area (Å²) in [6.07, 6.45) is 0. The smallest absolute Gasteiger partial charge is 0.279 e. The Morgan fingerprint density at radius 3 is 3.00 bits per heavy atom. The number of rotatable bonds is 0. The normalized spacial score (nSPS) is 11.0. The zero-order valence-corrected chi connectivity index (χ0v) is 6.17. The summed E-state index contributed by atoms with van der Waals surface area (Å²) in [5, 5.41) is 0.